The lowest BCUT2D eigenvalue weighted by molar-refractivity contribution is 0.373. The molecular weight excluding hydrogens is 264 g/mol. The fourth-order valence-corrected chi connectivity index (χ4v) is 1.85. The van der Waals surface area contributed by atoms with E-state index in [0.29, 0.717) is 18.7 Å². The molecule has 0 atom stereocenters. The molecule has 0 aliphatic rings. The normalized spacial score (nSPS) is 10.3. The van der Waals surface area contributed by atoms with Gasteiger partial charge < -0.3 is 15.2 Å². The lowest BCUT2D eigenvalue weighted by atomic mass is 10.1. The van der Waals surface area contributed by atoms with E-state index in [9.17, 15) is 13.9 Å². The molecule has 0 unspecified atom stereocenters. The average molecular weight is 279 g/mol. The summed E-state index contributed by atoms with van der Waals surface area (Å²) in [5.74, 6) is -0.742. The molecular formula is C15H15F2NO2. The standard InChI is InChI=1S/C15H15F2NO2/c1-20-15-8-10(2-5-14(15)19)6-7-18-13-4-3-11(16)9-12(13)17/h2-5,8-9,18-19H,6-7H2,1H3. The molecule has 3 nitrogen and oxygen atoms in total. The topological polar surface area (TPSA) is 41.5 Å². The van der Waals surface area contributed by atoms with E-state index in [0.717, 1.165) is 11.6 Å². The van der Waals surface area contributed by atoms with E-state index in [4.69, 9.17) is 4.74 Å². The second-order valence-electron chi connectivity index (χ2n) is 4.31. The molecule has 0 fully saturated rings. The number of benzene rings is 2. The van der Waals surface area contributed by atoms with Crippen molar-refractivity contribution in [2.24, 2.45) is 0 Å². The van der Waals surface area contributed by atoms with E-state index < -0.39 is 11.6 Å². The number of phenolic OH excluding ortho intramolecular Hbond substituents is 1. The SMILES string of the molecule is COc1cc(CCNc2ccc(F)cc2F)ccc1O. The third-order valence-corrected chi connectivity index (χ3v) is 2.90. The minimum atomic E-state index is -0.617. The number of phenols is 1. The van der Waals surface area contributed by atoms with Crippen LogP contribution in [0, 0.1) is 11.6 Å². The van der Waals surface area contributed by atoms with Crippen molar-refractivity contribution in [3.05, 3.63) is 53.6 Å². The van der Waals surface area contributed by atoms with E-state index in [-0.39, 0.29) is 11.4 Å². The van der Waals surface area contributed by atoms with E-state index in [1.54, 1.807) is 18.2 Å². The Bertz CT molecular complexity index is 602. The van der Waals surface area contributed by atoms with Crippen molar-refractivity contribution in [3.63, 3.8) is 0 Å². The second kappa shape index (κ2) is 6.23. The van der Waals surface area contributed by atoms with E-state index in [2.05, 4.69) is 5.32 Å². The molecule has 2 aromatic carbocycles. The number of ether oxygens (including phenoxy) is 1. The van der Waals surface area contributed by atoms with Gasteiger partial charge >= 0.3 is 0 Å². The first-order valence-corrected chi connectivity index (χ1v) is 6.15. The number of hydrogen-bond acceptors (Lipinski definition) is 3. The molecule has 0 aromatic heterocycles. The maximum atomic E-state index is 13.4. The summed E-state index contributed by atoms with van der Waals surface area (Å²) in [7, 11) is 1.48. The van der Waals surface area contributed by atoms with Gasteiger partial charge in [0.05, 0.1) is 12.8 Å². The van der Waals surface area contributed by atoms with Crippen LogP contribution >= 0.6 is 0 Å². The zero-order chi connectivity index (χ0) is 14.5. The van der Waals surface area contributed by atoms with Crippen molar-refractivity contribution >= 4 is 5.69 Å². The van der Waals surface area contributed by atoms with Gasteiger partial charge in [0.1, 0.15) is 11.6 Å². The van der Waals surface area contributed by atoms with Gasteiger partial charge in [0, 0.05) is 12.6 Å². The fraction of sp³-hybridized carbons (Fsp3) is 0.200. The monoisotopic (exact) mass is 279 g/mol. The highest BCUT2D eigenvalue weighted by Crippen LogP contribution is 2.26. The van der Waals surface area contributed by atoms with Gasteiger partial charge in [0.15, 0.2) is 11.5 Å². The number of methoxy groups -OCH3 is 1. The summed E-state index contributed by atoms with van der Waals surface area (Å²) >= 11 is 0. The molecule has 106 valence electrons. The lowest BCUT2D eigenvalue weighted by Gasteiger charge is -2.09. The van der Waals surface area contributed by atoms with Crippen LogP contribution in [0.2, 0.25) is 0 Å². The van der Waals surface area contributed by atoms with Crippen molar-refractivity contribution in [2.45, 2.75) is 6.42 Å². The van der Waals surface area contributed by atoms with Crippen LogP contribution in [0.25, 0.3) is 0 Å². The third kappa shape index (κ3) is 3.38. The zero-order valence-electron chi connectivity index (χ0n) is 11.0. The van der Waals surface area contributed by atoms with Gasteiger partial charge in [0.2, 0.25) is 0 Å². The Kier molecular flexibility index (Phi) is 4.40. The highest BCUT2D eigenvalue weighted by molar-refractivity contribution is 5.45. The highest BCUT2D eigenvalue weighted by atomic mass is 19.1. The van der Waals surface area contributed by atoms with Crippen molar-refractivity contribution in [1.29, 1.82) is 0 Å². The van der Waals surface area contributed by atoms with Crippen LogP contribution in [0.15, 0.2) is 36.4 Å². The fourth-order valence-electron chi connectivity index (χ4n) is 1.85. The summed E-state index contributed by atoms with van der Waals surface area (Å²) in [6.45, 7) is 0.483. The first-order chi connectivity index (χ1) is 9.60. The molecule has 0 spiro atoms. The summed E-state index contributed by atoms with van der Waals surface area (Å²) in [4.78, 5) is 0. The predicted octanol–water partition coefficient (Wildman–Crippen LogP) is 3.33. The lowest BCUT2D eigenvalue weighted by Crippen LogP contribution is -2.06. The van der Waals surface area contributed by atoms with Gasteiger partial charge in [-0.15, -0.1) is 0 Å². The minimum Gasteiger partial charge on any atom is -0.504 e. The molecule has 0 heterocycles. The first-order valence-electron chi connectivity index (χ1n) is 6.15. The molecule has 2 rings (SSSR count). The maximum absolute atomic E-state index is 13.4. The molecule has 0 amide bonds. The number of aromatic hydroxyl groups is 1. The Morgan fingerprint density at radius 3 is 2.65 bits per heavy atom. The molecule has 0 aliphatic heterocycles. The van der Waals surface area contributed by atoms with Crippen LogP contribution < -0.4 is 10.1 Å². The number of rotatable bonds is 5. The van der Waals surface area contributed by atoms with Crippen molar-refractivity contribution < 1.29 is 18.6 Å². The van der Waals surface area contributed by atoms with Crippen molar-refractivity contribution in [2.75, 3.05) is 19.0 Å². The van der Waals surface area contributed by atoms with Crippen LogP contribution in [0.4, 0.5) is 14.5 Å². The average Bonchev–Trinajstić information content (AvgIpc) is 2.43. The summed E-state index contributed by atoms with van der Waals surface area (Å²) in [5, 5.41) is 12.4. The van der Waals surface area contributed by atoms with Gasteiger partial charge in [-0.1, -0.05) is 6.07 Å². The third-order valence-electron chi connectivity index (χ3n) is 2.90. The van der Waals surface area contributed by atoms with Gasteiger partial charge in [-0.3, -0.25) is 0 Å². The number of halogens is 2. The van der Waals surface area contributed by atoms with Gasteiger partial charge in [0.25, 0.3) is 0 Å². The zero-order valence-corrected chi connectivity index (χ0v) is 11.0. The van der Waals surface area contributed by atoms with E-state index in [1.165, 1.54) is 19.2 Å². The predicted molar refractivity (Wildman–Crippen MR) is 73.2 cm³/mol. The van der Waals surface area contributed by atoms with Crippen LogP contribution in [0.3, 0.4) is 0 Å². The first kappa shape index (κ1) is 14.1. The number of hydrogen-bond donors (Lipinski definition) is 2. The highest BCUT2D eigenvalue weighted by Gasteiger charge is 2.05. The molecule has 0 saturated carbocycles. The Balaban J connectivity index is 1.96. The molecule has 2 N–H and O–H groups in total. The van der Waals surface area contributed by atoms with Crippen molar-refractivity contribution in [3.8, 4) is 11.5 Å². The smallest absolute Gasteiger partial charge is 0.160 e. The number of anilines is 1. The van der Waals surface area contributed by atoms with Gasteiger partial charge in [-0.2, -0.15) is 0 Å². The summed E-state index contributed by atoms with van der Waals surface area (Å²) in [5.41, 5.74) is 1.20. The van der Waals surface area contributed by atoms with Crippen LogP contribution in [0.5, 0.6) is 11.5 Å². The van der Waals surface area contributed by atoms with Crippen molar-refractivity contribution in [1.82, 2.24) is 0 Å². The largest absolute Gasteiger partial charge is 0.504 e. The quantitative estimate of drug-likeness (QED) is 0.882. The summed E-state index contributed by atoms with van der Waals surface area (Å²) in [6, 6.07) is 8.44. The van der Waals surface area contributed by atoms with Gasteiger partial charge in [-0.05, 0) is 36.2 Å². The Hall–Kier alpha value is -2.30. The minimum absolute atomic E-state index is 0.0776. The maximum Gasteiger partial charge on any atom is 0.160 e. The van der Waals surface area contributed by atoms with E-state index in [1.807, 2.05) is 0 Å². The summed E-state index contributed by atoms with van der Waals surface area (Å²) in [6.07, 6.45) is 0.619. The molecule has 0 bridgehead atoms. The molecule has 0 aliphatic carbocycles. The van der Waals surface area contributed by atoms with Crippen LogP contribution in [0.1, 0.15) is 5.56 Å². The Morgan fingerprint density at radius 1 is 1.15 bits per heavy atom. The molecule has 0 radical (unpaired) electrons. The number of nitrogens with one attached hydrogen (secondary N) is 1. The van der Waals surface area contributed by atoms with Crippen LogP contribution in [-0.4, -0.2) is 18.8 Å². The molecule has 20 heavy (non-hydrogen) atoms. The Labute approximate surface area is 115 Å². The van der Waals surface area contributed by atoms with Gasteiger partial charge in [-0.25, -0.2) is 8.78 Å². The molecule has 2 aromatic rings. The van der Waals surface area contributed by atoms with Crippen LogP contribution in [-0.2, 0) is 6.42 Å². The molecule has 5 heteroatoms. The second-order valence-corrected chi connectivity index (χ2v) is 4.31. The van der Waals surface area contributed by atoms with E-state index >= 15 is 0 Å². The Morgan fingerprint density at radius 2 is 1.95 bits per heavy atom. The molecule has 0 saturated heterocycles. The summed E-state index contributed by atoms with van der Waals surface area (Å²) < 4.78 is 31.2.